The van der Waals surface area contributed by atoms with Crippen molar-refractivity contribution >= 4 is 23.5 Å². The Labute approximate surface area is 116 Å². The minimum atomic E-state index is -0.177. The van der Waals surface area contributed by atoms with E-state index >= 15 is 0 Å². The summed E-state index contributed by atoms with van der Waals surface area (Å²) >= 11 is 1.61. The van der Waals surface area contributed by atoms with E-state index in [4.69, 9.17) is 0 Å². The number of amides is 1. The smallest absolute Gasteiger partial charge is 0.267 e. The molecule has 0 aliphatic heterocycles. The molecule has 2 rings (SSSR count). The molecule has 0 aliphatic rings. The number of nitrogens with one attached hydrogen (secondary N) is 1. The van der Waals surface area contributed by atoms with E-state index in [1.807, 2.05) is 23.6 Å². The highest BCUT2D eigenvalue weighted by atomic mass is 32.1. The molecule has 19 heavy (non-hydrogen) atoms. The van der Waals surface area contributed by atoms with Crippen LogP contribution in [-0.2, 0) is 6.42 Å². The Kier molecular flexibility index (Phi) is 4.80. The van der Waals surface area contributed by atoms with Crippen molar-refractivity contribution in [1.82, 2.24) is 10.4 Å². The van der Waals surface area contributed by atoms with Gasteiger partial charge in [0.25, 0.3) is 5.91 Å². The highest BCUT2D eigenvalue weighted by Gasteiger charge is 2.07. The maximum Gasteiger partial charge on any atom is 0.272 e. The molecule has 1 amide bonds. The van der Waals surface area contributed by atoms with Crippen LogP contribution in [0.2, 0.25) is 0 Å². The molecule has 0 atom stereocenters. The number of aromatic nitrogens is 1. The summed E-state index contributed by atoms with van der Waals surface area (Å²) < 4.78 is 0. The van der Waals surface area contributed by atoms with E-state index in [0.717, 1.165) is 18.4 Å². The van der Waals surface area contributed by atoms with Gasteiger partial charge >= 0.3 is 0 Å². The first-order chi connectivity index (χ1) is 9.29. The number of nitrogens with zero attached hydrogens (tertiary/aromatic N) is 2. The fourth-order valence-electron chi connectivity index (χ4n) is 1.56. The van der Waals surface area contributed by atoms with Gasteiger partial charge in [-0.25, -0.2) is 5.43 Å². The van der Waals surface area contributed by atoms with Gasteiger partial charge in [0.2, 0.25) is 0 Å². The predicted octanol–water partition coefficient (Wildman–Crippen LogP) is 2.86. The Morgan fingerprint density at radius 1 is 1.47 bits per heavy atom. The van der Waals surface area contributed by atoms with Crippen molar-refractivity contribution in [3.05, 3.63) is 52.0 Å². The first-order valence-electron chi connectivity index (χ1n) is 6.10. The van der Waals surface area contributed by atoms with Gasteiger partial charge in [0.05, 0.1) is 11.8 Å². The van der Waals surface area contributed by atoms with Crippen LogP contribution in [0.1, 0.15) is 34.1 Å². The molecule has 0 spiro atoms. The van der Waals surface area contributed by atoms with Gasteiger partial charge in [-0.15, -0.1) is 11.3 Å². The molecular weight excluding hydrogens is 258 g/mol. The van der Waals surface area contributed by atoms with E-state index in [1.54, 1.807) is 29.9 Å². The Hall–Kier alpha value is -2.01. The van der Waals surface area contributed by atoms with Crippen LogP contribution in [0, 0.1) is 0 Å². The Morgan fingerprint density at radius 2 is 2.26 bits per heavy atom. The SMILES string of the molecule is CCCc1cc(C(=O)NN=Cc2ccncc2)cs1. The van der Waals surface area contributed by atoms with Crippen LogP contribution in [0.15, 0.2) is 41.1 Å². The van der Waals surface area contributed by atoms with Crippen LogP contribution in [0.25, 0.3) is 0 Å². The molecule has 0 radical (unpaired) electrons. The number of aryl methyl sites for hydroxylation is 1. The van der Waals surface area contributed by atoms with Crippen molar-refractivity contribution in [3.8, 4) is 0 Å². The average molecular weight is 273 g/mol. The summed E-state index contributed by atoms with van der Waals surface area (Å²) in [4.78, 5) is 17.0. The zero-order chi connectivity index (χ0) is 13.5. The molecule has 0 bridgehead atoms. The average Bonchev–Trinajstić information content (AvgIpc) is 2.89. The van der Waals surface area contributed by atoms with E-state index < -0.39 is 0 Å². The van der Waals surface area contributed by atoms with Gasteiger partial charge in [0.15, 0.2) is 0 Å². The van der Waals surface area contributed by atoms with E-state index in [-0.39, 0.29) is 5.91 Å². The molecular formula is C14H15N3OS. The van der Waals surface area contributed by atoms with Crippen LogP contribution in [-0.4, -0.2) is 17.1 Å². The second-order valence-corrected chi connectivity index (χ2v) is 5.03. The summed E-state index contributed by atoms with van der Waals surface area (Å²) in [6.45, 7) is 2.12. The molecule has 0 saturated heterocycles. The quantitative estimate of drug-likeness (QED) is 0.672. The third kappa shape index (κ3) is 3.99. The molecule has 2 aromatic rings. The van der Waals surface area contributed by atoms with Gasteiger partial charge in [0, 0.05) is 22.7 Å². The molecule has 2 aromatic heterocycles. The summed E-state index contributed by atoms with van der Waals surface area (Å²) in [7, 11) is 0. The van der Waals surface area contributed by atoms with Gasteiger partial charge in [0.1, 0.15) is 0 Å². The number of thiophene rings is 1. The van der Waals surface area contributed by atoms with Gasteiger partial charge in [-0.1, -0.05) is 13.3 Å². The minimum Gasteiger partial charge on any atom is -0.267 e. The standard InChI is InChI=1S/C14H15N3OS/c1-2-3-13-8-12(10-19-13)14(18)17-16-9-11-4-6-15-7-5-11/h4-10H,2-3H2,1H3,(H,17,18). The minimum absolute atomic E-state index is 0.177. The number of hydrogen-bond donors (Lipinski definition) is 1. The summed E-state index contributed by atoms with van der Waals surface area (Å²) in [5.41, 5.74) is 4.08. The highest BCUT2D eigenvalue weighted by molar-refractivity contribution is 7.10. The number of carbonyl (C=O) groups excluding carboxylic acids is 1. The van der Waals surface area contributed by atoms with Crippen LogP contribution in [0.4, 0.5) is 0 Å². The van der Waals surface area contributed by atoms with Gasteiger partial charge in [-0.05, 0) is 30.2 Å². The first-order valence-corrected chi connectivity index (χ1v) is 6.98. The van der Waals surface area contributed by atoms with Gasteiger partial charge in [-0.2, -0.15) is 5.10 Å². The topological polar surface area (TPSA) is 54.4 Å². The molecule has 0 aliphatic carbocycles. The van der Waals surface area contributed by atoms with Crippen molar-refractivity contribution in [2.45, 2.75) is 19.8 Å². The van der Waals surface area contributed by atoms with Crippen LogP contribution >= 0.6 is 11.3 Å². The fraction of sp³-hybridized carbons (Fsp3) is 0.214. The van der Waals surface area contributed by atoms with Gasteiger partial charge in [-0.3, -0.25) is 9.78 Å². The lowest BCUT2D eigenvalue weighted by Crippen LogP contribution is -2.16. The number of hydrogen-bond acceptors (Lipinski definition) is 4. The summed E-state index contributed by atoms with van der Waals surface area (Å²) in [5.74, 6) is -0.177. The van der Waals surface area contributed by atoms with Crippen molar-refractivity contribution in [2.75, 3.05) is 0 Å². The zero-order valence-corrected chi connectivity index (χ0v) is 11.5. The van der Waals surface area contributed by atoms with E-state index in [0.29, 0.717) is 5.56 Å². The van der Waals surface area contributed by atoms with Crippen LogP contribution in [0.5, 0.6) is 0 Å². The normalized spacial score (nSPS) is 10.8. The second kappa shape index (κ2) is 6.80. The lowest BCUT2D eigenvalue weighted by atomic mass is 10.2. The maximum atomic E-state index is 11.8. The number of carbonyl (C=O) groups is 1. The van der Waals surface area contributed by atoms with E-state index in [9.17, 15) is 4.79 Å². The largest absolute Gasteiger partial charge is 0.272 e. The van der Waals surface area contributed by atoms with Crippen molar-refractivity contribution < 1.29 is 4.79 Å². The molecule has 2 heterocycles. The molecule has 0 unspecified atom stereocenters. The van der Waals surface area contributed by atoms with Crippen LogP contribution in [0.3, 0.4) is 0 Å². The monoisotopic (exact) mass is 273 g/mol. The lowest BCUT2D eigenvalue weighted by molar-refractivity contribution is 0.0955. The van der Waals surface area contributed by atoms with Crippen LogP contribution < -0.4 is 5.43 Å². The molecule has 0 aromatic carbocycles. The second-order valence-electron chi connectivity index (χ2n) is 4.03. The Bertz CT molecular complexity index is 563. The Morgan fingerprint density at radius 3 is 3.00 bits per heavy atom. The van der Waals surface area contributed by atoms with Gasteiger partial charge < -0.3 is 0 Å². The fourth-order valence-corrected chi connectivity index (χ4v) is 2.53. The number of hydrazone groups is 1. The molecule has 0 saturated carbocycles. The van der Waals surface area contributed by atoms with Crippen molar-refractivity contribution in [3.63, 3.8) is 0 Å². The molecule has 0 fully saturated rings. The van der Waals surface area contributed by atoms with E-state index in [2.05, 4.69) is 22.4 Å². The van der Waals surface area contributed by atoms with Crippen molar-refractivity contribution in [1.29, 1.82) is 0 Å². The maximum absolute atomic E-state index is 11.8. The molecule has 5 heteroatoms. The molecule has 98 valence electrons. The third-order valence-corrected chi connectivity index (χ3v) is 3.49. The molecule has 4 nitrogen and oxygen atoms in total. The third-order valence-electron chi connectivity index (χ3n) is 2.50. The number of rotatable bonds is 5. The predicted molar refractivity (Wildman–Crippen MR) is 77.6 cm³/mol. The Balaban J connectivity index is 1.92. The summed E-state index contributed by atoms with van der Waals surface area (Å²) in [6.07, 6.45) is 7.05. The first kappa shape index (κ1) is 13.4. The molecule has 1 N–H and O–H groups in total. The summed E-state index contributed by atoms with van der Waals surface area (Å²) in [5, 5.41) is 5.79. The van der Waals surface area contributed by atoms with E-state index in [1.165, 1.54) is 4.88 Å². The lowest BCUT2D eigenvalue weighted by Gasteiger charge is -1.96. The zero-order valence-electron chi connectivity index (χ0n) is 10.7. The number of pyridine rings is 1. The summed E-state index contributed by atoms with van der Waals surface area (Å²) in [6, 6.07) is 5.56. The highest BCUT2D eigenvalue weighted by Crippen LogP contribution is 2.16. The van der Waals surface area contributed by atoms with Crippen molar-refractivity contribution in [2.24, 2.45) is 5.10 Å².